The minimum absolute atomic E-state index is 0.185. The van der Waals surface area contributed by atoms with Gasteiger partial charge in [-0.15, -0.1) is 0 Å². The van der Waals surface area contributed by atoms with Crippen LogP contribution in [0.3, 0.4) is 0 Å². The lowest BCUT2D eigenvalue weighted by Crippen LogP contribution is -2.41. The summed E-state index contributed by atoms with van der Waals surface area (Å²) in [5.74, 6) is -0.0991. The first-order valence-electron chi connectivity index (χ1n) is 6.51. The minimum Gasteiger partial charge on any atom is -0.399 e. The highest BCUT2D eigenvalue weighted by Gasteiger charge is 2.51. The highest BCUT2D eigenvalue weighted by molar-refractivity contribution is 6.62. The van der Waals surface area contributed by atoms with Gasteiger partial charge in [0, 0.05) is 18.7 Å². The summed E-state index contributed by atoms with van der Waals surface area (Å²) in [5, 5.41) is 2.53. The highest BCUT2D eigenvalue weighted by Crippen LogP contribution is 2.36. The maximum Gasteiger partial charge on any atom is 0.496 e. The average molecular weight is 277 g/mol. The van der Waals surface area contributed by atoms with Gasteiger partial charge in [-0.25, -0.2) is 4.98 Å². The molecule has 0 spiro atoms. The van der Waals surface area contributed by atoms with E-state index in [0.717, 1.165) is 0 Å². The Balaban J connectivity index is 2.34. The molecule has 1 aromatic heterocycles. The van der Waals surface area contributed by atoms with E-state index in [9.17, 15) is 4.79 Å². The molecule has 0 bridgehead atoms. The summed E-state index contributed by atoms with van der Waals surface area (Å²) in [6.07, 6.45) is 1.57. The standard InChI is InChI=1S/C13H20BN3O3/c1-12(2)13(3,4)20-14(19-12)8-6-9(11(18)16-5)10(15)17-7-8/h6-7H,1-5H3,(H2,15,17)(H,16,18). The van der Waals surface area contributed by atoms with Crippen LogP contribution < -0.4 is 16.5 Å². The maximum atomic E-state index is 11.7. The fourth-order valence-corrected chi connectivity index (χ4v) is 1.92. The first-order chi connectivity index (χ1) is 9.18. The Morgan fingerprint density at radius 1 is 1.30 bits per heavy atom. The van der Waals surface area contributed by atoms with Gasteiger partial charge in [0.15, 0.2) is 0 Å². The quantitative estimate of drug-likeness (QED) is 0.760. The van der Waals surface area contributed by atoms with Gasteiger partial charge in [0.25, 0.3) is 5.91 Å². The highest BCUT2D eigenvalue weighted by atomic mass is 16.7. The molecule has 7 heteroatoms. The van der Waals surface area contributed by atoms with E-state index in [0.29, 0.717) is 11.0 Å². The molecular formula is C13H20BN3O3. The number of rotatable bonds is 2. The number of hydrogen-bond acceptors (Lipinski definition) is 5. The van der Waals surface area contributed by atoms with E-state index < -0.39 is 18.3 Å². The van der Waals surface area contributed by atoms with Gasteiger partial charge in [0.05, 0.1) is 16.8 Å². The van der Waals surface area contributed by atoms with E-state index in [1.807, 2.05) is 27.7 Å². The Morgan fingerprint density at radius 3 is 2.35 bits per heavy atom. The molecule has 0 unspecified atom stereocenters. The zero-order valence-corrected chi connectivity index (χ0v) is 12.5. The number of hydrogen-bond donors (Lipinski definition) is 2. The number of nitrogens with two attached hydrogens (primary N) is 1. The van der Waals surface area contributed by atoms with E-state index >= 15 is 0 Å². The lowest BCUT2D eigenvalue weighted by atomic mass is 9.79. The van der Waals surface area contributed by atoms with Crippen LogP contribution in [0.25, 0.3) is 0 Å². The average Bonchev–Trinajstić information content (AvgIpc) is 2.58. The second-order valence-corrected chi connectivity index (χ2v) is 5.87. The molecule has 0 saturated carbocycles. The summed E-state index contributed by atoms with van der Waals surface area (Å²) >= 11 is 0. The number of amides is 1. The molecular weight excluding hydrogens is 257 g/mol. The summed E-state index contributed by atoms with van der Waals surface area (Å²) < 4.78 is 11.8. The molecule has 0 aliphatic carbocycles. The molecule has 1 aliphatic heterocycles. The normalized spacial score (nSPS) is 19.9. The molecule has 1 fully saturated rings. The smallest absolute Gasteiger partial charge is 0.399 e. The first-order valence-corrected chi connectivity index (χ1v) is 6.51. The van der Waals surface area contributed by atoms with Crippen LogP contribution >= 0.6 is 0 Å². The lowest BCUT2D eigenvalue weighted by Gasteiger charge is -2.32. The second-order valence-electron chi connectivity index (χ2n) is 5.87. The Labute approximate surface area is 119 Å². The third kappa shape index (κ3) is 2.38. The van der Waals surface area contributed by atoms with Crippen LogP contribution in [0.2, 0.25) is 0 Å². The van der Waals surface area contributed by atoms with Crippen molar-refractivity contribution in [2.45, 2.75) is 38.9 Å². The molecule has 108 valence electrons. The van der Waals surface area contributed by atoms with E-state index in [1.54, 1.807) is 19.3 Å². The van der Waals surface area contributed by atoms with Gasteiger partial charge in [-0.1, -0.05) is 0 Å². The van der Waals surface area contributed by atoms with Gasteiger partial charge in [0.1, 0.15) is 5.82 Å². The van der Waals surface area contributed by atoms with Crippen molar-refractivity contribution in [1.82, 2.24) is 10.3 Å². The molecule has 1 amide bonds. The van der Waals surface area contributed by atoms with Crippen molar-refractivity contribution in [2.24, 2.45) is 0 Å². The number of anilines is 1. The predicted molar refractivity (Wildman–Crippen MR) is 77.8 cm³/mol. The summed E-state index contributed by atoms with van der Waals surface area (Å²) in [7, 11) is 0.986. The molecule has 0 atom stereocenters. The summed E-state index contributed by atoms with van der Waals surface area (Å²) in [5.41, 5.74) is 5.84. The van der Waals surface area contributed by atoms with E-state index in [2.05, 4.69) is 10.3 Å². The zero-order valence-electron chi connectivity index (χ0n) is 12.5. The number of carbonyl (C=O) groups excluding carboxylic acids is 1. The Morgan fingerprint density at radius 2 is 1.85 bits per heavy atom. The van der Waals surface area contributed by atoms with Crippen molar-refractivity contribution < 1.29 is 14.1 Å². The Kier molecular flexibility index (Phi) is 3.52. The number of carbonyl (C=O) groups is 1. The van der Waals surface area contributed by atoms with Crippen LogP contribution in [0.1, 0.15) is 38.1 Å². The van der Waals surface area contributed by atoms with Gasteiger partial charge in [-0.3, -0.25) is 4.79 Å². The van der Waals surface area contributed by atoms with Crippen LogP contribution in [0.5, 0.6) is 0 Å². The van der Waals surface area contributed by atoms with E-state index in [-0.39, 0.29) is 11.7 Å². The SMILES string of the molecule is CNC(=O)c1cc(B2OC(C)(C)C(C)(C)O2)cnc1N. The van der Waals surface area contributed by atoms with Crippen molar-refractivity contribution in [3.05, 3.63) is 17.8 Å². The summed E-state index contributed by atoms with van der Waals surface area (Å²) in [6.45, 7) is 7.88. The minimum atomic E-state index is -0.559. The molecule has 20 heavy (non-hydrogen) atoms. The van der Waals surface area contributed by atoms with Gasteiger partial charge in [-0.05, 0) is 33.8 Å². The Bertz CT molecular complexity index is 530. The van der Waals surface area contributed by atoms with Crippen molar-refractivity contribution in [3.8, 4) is 0 Å². The zero-order chi connectivity index (χ0) is 15.1. The van der Waals surface area contributed by atoms with Gasteiger partial charge in [-0.2, -0.15) is 0 Å². The second kappa shape index (κ2) is 4.75. The van der Waals surface area contributed by atoms with Crippen LogP contribution in [0.4, 0.5) is 5.82 Å². The predicted octanol–water partition coefficient (Wildman–Crippen LogP) is 0.323. The van der Waals surface area contributed by atoms with Crippen LogP contribution in [0.15, 0.2) is 12.3 Å². The molecule has 2 heterocycles. The van der Waals surface area contributed by atoms with E-state index in [1.165, 1.54) is 0 Å². The number of nitrogen functional groups attached to an aromatic ring is 1. The van der Waals surface area contributed by atoms with Crippen LogP contribution in [0, 0.1) is 0 Å². The van der Waals surface area contributed by atoms with E-state index in [4.69, 9.17) is 15.0 Å². The van der Waals surface area contributed by atoms with Crippen molar-refractivity contribution in [2.75, 3.05) is 12.8 Å². The number of aromatic nitrogens is 1. The molecule has 1 aliphatic rings. The van der Waals surface area contributed by atoms with Crippen LogP contribution in [-0.4, -0.2) is 36.3 Å². The van der Waals surface area contributed by atoms with Crippen molar-refractivity contribution >= 4 is 24.3 Å². The molecule has 2 rings (SSSR count). The summed E-state index contributed by atoms with van der Waals surface area (Å²) in [4.78, 5) is 15.8. The molecule has 3 N–H and O–H groups in total. The Hall–Kier alpha value is -1.60. The van der Waals surface area contributed by atoms with Gasteiger partial charge in [0.2, 0.25) is 0 Å². The fraction of sp³-hybridized carbons (Fsp3) is 0.538. The lowest BCUT2D eigenvalue weighted by molar-refractivity contribution is 0.00578. The third-order valence-electron chi connectivity index (χ3n) is 3.94. The largest absolute Gasteiger partial charge is 0.496 e. The topological polar surface area (TPSA) is 86.5 Å². The summed E-state index contributed by atoms with van der Waals surface area (Å²) in [6, 6.07) is 1.66. The van der Waals surface area contributed by atoms with Gasteiger partial charge >= 0.3 is 7.12 Å². The molecule has 0 radical (unpaired) electrons. The monoisotopic (exact) mass is 277 g/mol. The molecule has 1 saturated heterocycles. The molecule has 0 aromatic carbocycles. The molecule has 1 aromatic rings. The first kappa shape index (κ1) is 14.8. The number of nitrogens with zero attached hydrogens (tertiary/aromatic N) is 1. The maximum absolute atomic E-state index is 11.7. The van der Waals surface area contributed by atoms with Crippen LogP contribution in [-0.2, 0) is 9.31 Å². The third-order valence-corrected chi connectivity index (χ3v) is 3.94. The fourth-order valence-electron chi connectivity index (χ4n) is 1.92. The number of pyridine rings is 1. The number of nitrogens with one attached hydrogen (secondary N) is 1. The van der Waals surface area contributed by atoms with Crippen molar-refractivity contribution in [3.63, 3.8) is 0 Å². The van der Waals surface area contributed by atoms with Gasteiger partial charge < -0.3 is 20.4 Å². The molecule has 6 nitrogen and oxygen atoms in total. The van der Waals surface area contributed by atoms with Crippen molar-refractivity contribution in [1.29, 1.82) is 0 Å².